The zero-order chi connectivity index (χ0) is 16.3. The minimum Gasteiger partial charge on any atom is -0.478 e. The number of sulfone groups is 1. The van der Waals surface area contributed by atoms with Gasteiger partial charge in [-0.1, -0.05) is 12.2 Å². The quantitative estimate of drug-likeness (QED) is 0.826. The molecule has 7 heteroatoms. The Morgan fingerprint density at radius 1 is 1.23 bits per heavy atom. The summed E-state index contributed by atoms with van der Waals surface area (Å²) in [6.07, 6.45) is 7.11. The largest absolute Gasteiger partial charge is 0.478 e. The molecule has 0 fully saturated rings. The van der Waals surface area contributed by atoms with Crippen LogP contribution in [0.4, 0.5) is 5.69 Å². The lowest BCUT2D eigenvalue weighted by Crippen LogP contribution is -2.23. The van der Waals surface area contributed by atoms with Crippen LogP contribution in [-0.2, 0) is 14.6 Å². The number of carboxylic acid groups (broad SMARTS) is 1. The average molecular weight is 323 g/mol. The highest BCUT2D eigenvalue weighted by Gasteiger charge is 2.20. The first kappa shape index (κ1) is 16.2. The predicted octanol–water partition coefficient (Wildman–Crippen LogP) is 2.08. The third-order valence-electron chi connectivity index (χ3n) is 3.49. The second kappa shape index (κ2) is 6.31. The van der Waals surface area contributed by atoms with Gasteiger partial charge in [0.2, 0.25) is 5.91 Å². The Balaban J connectivity index is 2.30. The molecule has 0 spiro atoms. The van der Waals surface area contributed by atoms with Gasteiger partial charge in [0, 0.05) is 17.9 Å². The fourth-order valence-electron chi connectivity index (χ4n) is 2.28. The Kier molecular flexibility index (Phi) is 4.65. The summed E-state index contributed by atoms with van der Waals surface area (Å²) in [6.45, 7) is 0. The van der Waals surface area contributed by atoms with Gasteiger partial charge >= 0.3 is 5.97 Å². The SMILES string of the molecule is CS(=O)(=O)c1cc(NC(=O)C2CC=CCC2)cc(C(=O)O)c1. The number of anilines is 1. The van der Waals surface area contributed by atoms with E-state index in [0.717, 1.165) is 25.2 Å². The lowest BCUT2D eigenvalue weighted by Gasteiger charge is -2.17. The number of carbonyl (C=O) groups is 2. The van der Waals surface area contributed by atoms with E-state index in [0.29, 0.717) is 6.42 Å². The van der Waals surface area contributed by atoms with Crippen molar-refractivity contribution in [1.82, 2.24) is 0 Å². The first-order chi connectivity index (χ1) is 10.3. The third kappa shape index (κ3) is 3.94. The number of hydrogen-bond donors (Lipinski definition) is 2. The zero-order valence-corrected chi connectivity index (χ0v) is 12.9. The third-order valence-corrected chi connectivity index (χ3v) is 4.58. The van der Waals surface area contributed by atoms with E-state index in [-0.39, 0.29) is 28.0 Å². The van der Waals surface area contributed by atoms with Crippen molar-refractivity contribution in [3.63, 3.8) is 0 Å². The number of rotatable bonds is 4. The van der Waals surface area contributed by atoms with Gasteiger partial charge in [-0.15, -0.1) is 0 Å². The maximum Gasteiger partial charge on any atom is 0.335 e. The number of benzene rings is 1. The molecule has 1 aromatic carbocycles. The molecule has 2 N–H and O–H groups in total. The van der Waals surface area contributed by atoms with Crippen molar-refractivity contribution in [2.75, 3.05) is 11.6 Å². The van der Waals surface area contributed by atoms with Crippen LogP contribution in [0.3, 0.4) is 0 Å². The average Bonchev–Trinajstić information content (AvgIpc) is 2.46. The van der Waals surface area contributed by atoms with Crippen molar-refractivity contribution in [2.24, 2.45) is 5.92 Å². The normalized spacial score (nSPS) is 18.0. The molecule has 22 heavy (non-hydrogen) atoms. The van der Waals surface area contributed by atoms with Crippen LogP contribution in [0.2, 0.25) is 0 Å². The molecule has 1 aliphatic carbocycles. The van der Waals surface area contributed by atoms with Crippen molar-refractivity contribution in [3.8, 4) is 0 Å². The summed E-state index contributed by atoms with van der Waals surface area (Å²) in [5.74, 6) is -1.66. The second-order valence-electron chi connectivity index (χ2n) is 5.29. The van der Waals surface area contributed by atoms with Crippen LogP contribution in [0, 0.1) is 5.92 Å². The summed E-state index contributed by atoms with van der Waals surface area (Å²) in [5.41, 5.74) is 0.00152. The molecule has 0 aliphatic heterocycles. The van der Waals surface area contributed by atoms with E-state index in [1.54, 1.807) is 0 Å². The fourth-order valence-corrected chi connectivity index (χ4v) is 2.97. The highest BCUT2D eigenvalue weighted by molar-refractivity contribution is 7.90. The van der Waals surface area contributed by atoms with E-state index in [9.17, 15) is 18.0 Å². The summed E-state index contributed by atoms with van der Waals surface area (Å²) >= 11 is 0. The number of carboxylic acids is 1. The van der Waals surface area contributed by atoms with Crippen LogP contribution in [-0.4, -0.2) is 31.7 Å². The number of aromatic carboxylic acids is 1. The molecule has 0 saturated heterocycles. The van der Waals surface area contributed by atoms with Crippen molar-refractivity contribution in [3.05, 3.63) is 35.9 Å². The van der Waals surface area contributed by atoms with Gasteiger partial charge in [0.25, 0.3) is 0 Å². The first-order valence-corrected chi connectivity index (χ1v) is 8.71. The number of carbonyl (C=O) groups excluding carboxylic acids is 1. The van der Waals surface area contributed by atoms with Crippen molar-refractivity contribution < 1.29 is 23.1 Å². The smallest absolute Gasteiger partial charge is 0.335 e. The minimum absolute atomic E-state index is 0.133. The van der Waals surface area contributed by atoms with Crippen LogP contribution in [0.25, 0.3) is 0 Å². The maximum atomic E-state index is 12.2. The van der Waals surface area contributed by atoms with Gasteiger partial charge in [0.15, 0.2) is 9.84 Å². The van der Waals surface area contributed by atoms with Gasteiger partial charge in [-0.05, 0) is 37.5 Å². The monoisotopic (exact) mass is 323 g/mol. The Hall–Kier alpha value is -2.15. The highest BCUT2D eigenvalue weighted by Crippen LogP contribution is 2.23. The van der Waals surface area contributed by atoms with Crippen LogP contribution >= 0.6 is 0 Å². The van der Waals surface area contributed by atoms with E-state index in [1.165, 1.54) is 12.1 Å². The molecule has 0 bridgehead atoms. The van der Waals surface area contributed by atoms with Gasteiger partial charge in [0.1, 0.15) is 0 Å². The highest BCUT2D eigenvalue weighted by atomic mass is 32.2. The molecule has 1 aliphatic rings. The van der Waals surface area contributed by atoms with Crippen molar-refractivity contribution >= 4 is 27.4 Å². The Labute approximate surface area is 128 Å². The number of amides is 1. The molecule has 0 heterocycles. The van der Waals surface area contributed by atoms with Crippen molar-refractivity contribution in [2.45, 2.75) is 24.2 Å². The Morgan fingerprint density at radius 2 is 1.95 bits per heavy atom. The van der Waals surface area contributed by atoms with Crippen LogP contribution in [0.15, 0.2) is 35.2 Å². The number of allylic oxidation sites excluding steroid dienone is 2. The second-order valence-corrected chi connectivity index (χ2v) is 7.31. The predicted molar refractivity (Wildman–Crippen MR) is 81.6 cm³/mol. The fraction of sp³-hybridized carbons (Fsp3) is 0.333. The molecule has 0 radical (unpaired) electrons. The van der Waals surface area contributed by atoms with E-state index in [4.69, 9.17) is 5.11 Å². The van der Waals surface area contributed by atoms with Crippen LogP contribution < -0.4 is 5.32 Å². The Morgan fingerprint density at radius 3 is 2.50 bits per heavy atom. The van der Waals surface area contributed by atoms with Gasteiger partial charge in [-0.25, -0.2) is 13.2 Å². The van der Waals surface area contributed by atoms with Gasteiger partial charge < -0.3 is 10.4 Å². The summed E-state index contributed by atoms with van der Waals surface area (Å²) in [6, 6.07) is 3.61. The lowest BCUT2D eigenvalue weighted by molar-refractivity contribution is -0.120. The van der Waals surface area contributed by atoms with Gasteiger partial charge in [-0.2, -0.15) is 0 Å². The molecule has 6 nitrogen and oxygen atoms in total. The standard InChI is InChI=1S/C15H17NO5S/c1-22(20,21)13-8-11(15(18)19)7-12(9-13)16-14(17)10-5-3-2-4-6-10/h2-3,7-10H,4-6H2,1H3,(H,16,17)(H,18,19). The van der Waals surface area contributed by atoms with E-state index in [1.807, 2.05) is 12.2 Å². The Bertz CT molecular complexity index is 736. The van der Waals surface area contributed by atoms with E-state index < -0.39 is 15.8 Å². The van der Waals surface area contributed by atoms with Crippen LogP contribution in [0.1, 0.15) is 29.6 Å². The molecule has 1 atom stereocenters. The summed E-state index contributed by atoms with van der Waals surface area (Å²) in [5, 5.41) is 11.7. The number of nitrogens with one attached hydrogen (secondary N) is 1. The van der Waals surface area contributed by atoms with E-state index >= 15 is 0 Å². The lowest BCUT2D eigenvalue weighted by atomic mass is 9.93. The zero-order valence-electron chi connectivity index (χ0n) is 12.1. The number of hydrogen-bond acceptors (Lipinski definition) is 4. The van der Waals surface area contributed by atoms with Crippen molar-refractivity contribution in [1.29, 1.82) is 0 Å². The first-order valence-electron chi connectivity index (χ1n) is 6.81. The van der Waals surface area contributed by atoms with Crippen LogP contribution in [0.5, 0.6) is 0 Å². The summed E-state index contributed by atoms with van der Waals surface area (Å²) < 4.78 is 23.3. The summed E-state index contributed by atoms with van der Waals surface area (Å²) in [7, 11) is -3.57. The summed E-state index contributed by atoms with van der Waals surface area (Å²) in [4.78, 5) is 23.1. The molecule has 118 valence electrons. The molecule has 1 amide bonds. The topological polar surface area (TPSA) is 101 Å². The van der Waals surface area contributed by atoms with Gasteiger partial charge in [-0.3, -0.25) is 4.79 Å². The molecule has 0 aromatic heterocycles. The molecular formula is C15H17NO5S. The molecular weight excluding hydrogens is 306 g/mol. The molecule has 1 unspecified atom stereocenters. The van der Waals surface area contributed by atoms with Gasteiger partial charge in [0.05, 0.1) is 10.5 Å². The molecule has 0 saturated carbocycles. The maximum absolute atomic E-state index is 12.2. The van der Waals surface area contributed by atoms with E-state index in [2.05, 4.69) is 5.32 Å². The minimum atomic E-state index is -3.57. The molecule has 2 rings (SSSR count). The molecule has 1 aromatic rings.